The summed E-state index contributed by atoms with van der Waals surface area (Å²) in [4.78, 5) is 0. The Morgan fingerprint density at radius 2 is 1.00 bits per heavy atom. The van der Waals surface area contributed by atoms with Gasteiger partial charge in [0.25, 0.3) is 0 Å². The second kappa shape index (κ2) is 6.81. The number of rotatable bonds is 1. The first kappa shape index (κ1) is 21.0. The van der Waals surface area contributed by atoms with Crippen LogP contribution in [0.2, 0.25) is 0 Å². The topological polar surface area (TPSA) is 4.93 Å². The van der Waals surface area contributed by atoms with E-state index in [1.54, 1.807) is 0 Å². The number of fused-ring (bicyclic) bond motifs is 9. The van der Waals surface area contributed by atoms with Gasteiger partial charge < -0.3 is 4.57 Å². The molecule has 1 heteroatoms. The summed E-state index contributed by atoms with van der Waals surface area (Å²) in [7, 11) is 0. The molecule has 2 aliphatic carbocycles. The lowest BCUT2D eigenvalue weighted by atomic mass is 9.82. The van der Waals surface area contributed by atoms with Crippen molar-refractivity contribution in [3.63, 3.8) is 0 Å². The van der Waals surface area contributed by atoms with Crippen molar-refractivity contribution in [2.24, 2.45) is 0 Å². The summed E-state index contributed by atoms with van der Waals surface area (Å²) in [6.45, 7) is 9.46. The first-order chi connectivity index (χ1) is 17.9. The minimum atomic E-state index is -0.0248. The zero-order chi connectivity index (χ0) is 25.1. The average molecular weight is 476 g/mol. The van der Waals surface area contributed by atoms with Crippen LogP contribution in [0, 0.1) is 0 Å². The number of benzene rings is 5. The molecule has 0 saturated carbocycles. The van der Waals surface area contributed by atoms with Crippen LogP contribution in [0.25, 0.3) is 49.7 Å². The molecule has 0 N–H and O–H groups in total. The minimum Gasteiger partial charge on any atom is -0.309 e. The van der Waals surface area contributed by atoms with E-state index in [4.69, 9.17) is 0 Å². The predicted octanol–water partition coefficient (Wildman–Crippen LogP) is 9.40. The highest BCUT2D eigenvalue weighted by Gasteiger charge is 2.37. The third-order valence-electron chi connectivity index (χ3n) is 9.20. The Labute approximate surface area is 218 Å². The molecule has 1 aromatic heterocycles. The van der Waals surface area contributed by atoms with E-state index >= 15 is 0 Å². The Hall–Kier alpha value is -4.10. The lowest BCUT2D eigenvalue weighted by Crippen LogP contribution is -2.15. The fourth-order valence-electron chi connectivity index (χ4n) is 7.27. The highest BCUT2D eigenvalue weighted by atomic mass is 15.0. The standard InChI is InChI=1S/C36H29N/c1-35(2)29-14-8-5-11-23(29)25-18-17-22(19-31(25)35)37-33-16-10-7-13-26(33)28-20-27-24-12-6-9-15-30(24)36(3,4)32(27)21-34(28)37/h5-21H,1-4H3. The molecule has 0 amide bonds. The molecule has 0 atom stereocenters. The summed E-state index contributed by atoms with van der Waals surface area (Å²) >= 11 is 0. The lowest BCUT2D eigenvalue weighted by molar-refractivity contribution is 0.659. The summed E-state index contributed by atoms with van der Waals surface area (Å²) in [6.07, 6.45) is 0. The number of nitrogens with zero attached hydrogens (tertiary/aromatic N) is 1. The Bertz CT molecular complexity index is 1930. The van der Waals surface area contributed by atoms with Crippen molar-refractivity contribution < 1.29 is 0 Å². The van der Waals surface area contributed by atoms with E-state index in [9.17, 15) is 0 Å². The van der Waals surface area contributed by atoms with Crippen LogP contribution in [0.15, 0.2) is 103 Å². The molecular formula is C36H29N. The molecule has 0 unspecified atom stereocenters. The molecule has 0 bridgehead atoms. The van der Waals surface area contributed by atoms with Crippen molar-refractivity contribution in [3.05, 3.63) is 125 Å². The summed E-state index contributed by atoms with van der Waals surface area (Å²) in [6, 6.07) is 38.7. The maximum Gasteiger partial charge on any atom is 0.0544 e. The van der Waals surface area contributed by atoms with E-state index in [0.29, 0.717) is 0 Å². The van der Waals surface area contributed by atoms with Crippen LogP contribution in [0.4, 0.5) is 0 Å². The van der Waals surface area contributed by atoms with Crippen LogP contribution in [-0.4, -0.2) is 4.57 Å². The van der Waals surface area contributed by atoms with Gasteiger partial charge in [-0.3, -0.25) is 0 Å². The third-order valence-corrected chi connectivity index (χ3v) is 9.20. The van der Waals surface area contributed by atoms with Gasteiger partial charge in [0.05, 0.1) is 11.0 Å². The van der Waals surface area contributed by atoms with Crippen molar-refractivity contribution in [2.45, 2.75) is 38.5 Å². The number of para-hydroxylation sites is 1. The molecule has 0 radical (unpaired) electrons. The molecular weight excluding hydrogens is 446 g/mol. The van der Waals surface area contributed by atoms with Gasteiger partial charge in [0.1, 0.15) is 0 Å². The zero-order valence-electron chi connectivity index (χ0n) is 21.8. The van der Waals surface area contributed by atoms with E-state index in [2.05, 4.69) is 135 Å². The van der Waals surface area contributed by atoms with E-state index in [1.165, 1.54) is 72.0 Å². The molecule has 1 nitrogen and oxygen atoms in total. The maximum atomic E-state index is 2.49. The van der Waals surface area contributed by atoms with Gasteiger partial charge in [0.2, 0.25) is 0 Å². The summed E-state index contributed by atoms with van der Waals surface area (Å²) in [5.41, 5.74) is 14.9. The highest BCUT2D eigenvalue weighted by molar-refractivity contribution is 6.11. The van der Waals surface area contributed by atoms with E-state index in [0.717, 1.165) is 0 Å². The van der Waals surface area contributed by atoms with Gasteiger partial charge in [0.15, 0.2) is 0 Å². The van der Waals surface area contributed by atoms with Gasteiger partial charge in [-0.05, 0) is 74.8 Å². The largest absolute Gasteiger partial charge is 0.309 e. The lowest BCUT2D eigenvalue weighted by Gasteiger charge is -2.23. The monoisotopic (exact) mass is 475 g/mol. The second-order valence-electron chi connectivity index (χ2n) is 11.8. The van der Waals surface area contributed by atoms with Gasteiger partial charge in [-0.2, -0.15) is 0 Å². The van der Waals surface area contributed by atoms with E-state index < -0.39 is 0 Å². The molecule has 37 heavy (non-hydrogen) atoms. The van der Waals surface area contributed by atoms with Crippen molar-refractivity contribution in [2.75, 3.05) is 0 Å². The number of hydrogen-bond acceptors (Lipinski definition) is 0. The first-order valence-corrected chi connectivity index (χ1v) is 13.3. The van der Waals surface area contributed by atoms with Crippen LogP contribution >= 0.6 is 0 Å². The minimum absolute atomic E-state index is 0.0222. The normalized spacial score (nSPS) is 16.0. The van der Waals surface area contributed by atoms with E-state index in [-0.39, 0.29) is 10.8 Å². The van der Waals surface area contributed by atoms with Gasteiger partial charge in [-0.25, -0.2) is 0 Å². The Kier molecular flexibility index (Phi) is 3.87. The summed E-state index contributed by atoms with van der Waals surface area (Å²) in [5.74, 6) is 0. The van der Waals surface area contributed by atoms with Crippen LogP contribution in [-0.2, 0) is 10.8 Å². The molecule has 1 heterocycles. The van der Waals surface area contributed by atoms with Crippen molar-refractivity contribution >= 4 is 21.8 Å². The summed E-state index contributed by atoms with van der Waals surface area (Å²) in [5, 5.41) is 2.63. The van der Waals surface area contributed by atoms with Crippen LogP contribution in [0.1, 0.15) is 49.9 Å². The van der Waals surface area contributed by atoms with Crippen molar-refractivity contribution in [1.29, 1.82) is 0 Å². The quantitative estimate of drug-likeness (QED) is 0.223. The van der Waals surface area contributed by atoms with Gasteiger partial charge in [-0.15, -0.1) is 0 Å². The Morgan fingerprint density at radius 3 is 1.73 bits per heavy atom. The van der Waals surface area contributed by atoms with Crippen LogP contribution < -0.4 is 0 Å². The fraction of sp³-hybridized carbons (Fsp3) is 0.167. The molecule has 0 aliphatic heterocycles. The average Bonchev–Trinajstić information content (AvgIpc) is 3.45. The number of hydrogen-bond donors (Lipinski definition) is 0. The van der Waals surface area contributed by atoms with Gasteiger partial charge in [-0.1, -0.05) is 100 Å². The molecule has 0 fully saturated rings. The molecule has 178 valence electrons. The van der Waals surface area contributed by atoms with Crippen LogP contribution in [0.5, 0.6) is 0 Å². The smallest absolute Gasteiger partial charge is 0.0544 e. The third kappa shape index (κ3) is 2.54. The SMILES string of the molecule is CC1(C)c2ccccc2-c2ccc(-n3c4ccccc4c4cc5c(cc43)C(C)(C)c3ccccc3-5)cc21. The Balaban J connectivity index is 1.44. The Morgan fingerprint density at radius 1 is 0.432 bits per heavy atom. The first-order valence-electron chi connectivity index (χ1n) is 13.3. The molecule has 8 rings (SSSR count). The molecule has 2 aliphatic rings. The maximum absolute atomic E-state index is 2.49. The van der Waals surface area contributed by atoms with Crippen LogP contribution in [0.3, 0.4) is 0 Å². The van der Waals surface area contributed by atoms with E-state index in [1.807, 2.05) is 0 Å². The van der Waals surface area contributed by atoms with Gasteiger partial charge >= 0.3 is 0 Å². The van der Waals surface area contributed by atoms with Crippen molar-refractivity contribution in [1.82, 2.24) is 4.57 Å². The van der Waals surface area contributed by atoms with Crippen molar-refractivity contribution in [3.8, 4) is 27.9 Å². The molecule has 6 aromatic rings. The predicted molar refractivity (Wildman–Crippen MR) is 156 cm³/mol. The zero-order valence-corrected chi connectivity index (χ0v) is 21.8. The van der Waals surface area contributed by atoms with Gasteiger partial charge in [0, 0.05) is 27.3 Å². The molecule has 5 aromatic carbocycles. The number of aromatic nitrogens is 1. The molecule has 0 spiro atoms. The second-order valence-corrected chi connectivity index (χ2v) is 11.8. The molecule has 0 saturated heterocycles. The highest BCUT2D eigenvalue weighted by Crippen LogP contribution is 2.52. The fourth-order valence-corrected chi connectivity index (χ4v) is 7.27. The summed E-state index contributed by atoms with van der Waals surface area (Å²) < 4.78 is 2.49.